The summed E-state index contributed by atoms with van der Waals surface area (Å²) in [4.78, 5) is 1.96. The van der Waals surface area contributed by atoms with Gasteiger partial charge in [-0.3, -0.25) is 0 Å². The minimum Gasteiger partial charge on any atom is -0.399 e. The number of rotatable bonds is 7. The highest BCUT2D eigenvalue weighted by molar-refractivity contribution is 5.63. The molecule has 2 aromatic rings. The minimum absolute atomic E-state index is 0.524. The lowest BCUT2D eigenvalue weighted by atomic mass is 10.2. The molecular formula is C17H23N6+. The van der Waals surface area contributed by atoms with Crippen LogP contribution in [0.25, 0.3) is 0 Å². The number of azo groups is 1. The first kappa shape index (κ1) is 16.5. The monoisotopic (exact) mass is 311 g/mol. The molecule has 2 aromatic carbocycles. The van der Waals surface area contributed by atoms with Gasteiger partial charge in [0.1, 0.15) is 12.9 Å². The molecule has 0 aliphatic rings. The summed E-state index contributed by atoms with van der Waals surface area (Å²) in [6.07, 6.45) is 3.92. The Kier molecular flexibility index (Phi) is 6.14. The lowest BCUT2D eigenvalue weighted by Crippen LogP contribution is -2.72. The van der Waals surface area contributed by atoms with Crippen molar-refractivity contribution in [3.63, 3.8) is 0 Å². The smallest absolute Gasteiger partial charge is 0.131 e. The van der Waals surface area contributed by atoms with Crippen molar-refractivity contribution in [1.29, 1.82) is 0 Å². The van der Waals surface area contributed by atoms with Gasteiger partial charge < -0.3 is 21.3 Å². The quantitative estimate of drug-likeness (QED) is 0.543. The normalized spacial score (nSPS) is 11.2. The Morgan fingerprint density at radius 1 is 1.09 bits per heavy atom. The van der Waals surface area contributed by atoms with Crippen LogP contribution in [0.5, 0.6) is 0 Å². The second-order valence-corrected chi connectivity index (χ2v) is 5.11. The average molecular weight is 311 g/mol. The van der Waals surface area contributed by atoms with Gasteiger partial charge >= 0.3 is 0 Å². The van der Waals surface area contributed by atoms with E-state index in [1.54, 1.807) is 0 Å². The van der Waals surface area contributed by atoms with Crippen LogP contribution in [-0.4, -0.2) is 25.7 Å². The molecule has 0 saturated heterocycles. The maximum Gasteiger partial charge on any atom is 0.131 e. The SMILES string of the molecule is C[NH2+]/C=C\N(C)CN=Nc1ccc(Nc2ccc(N)cc2)cc1. The molecule has 0 aromatic heterocycles. The average Bonchev–Trinajstić information content (AvgIpc) is 2.56. The Hall–Kier alpha value is -2.86. The third-order valence-corrected chi connectivity index (χ3v) is 3.07. The zero-order chi connectivity index (χ0) is 16.5. The molecule has 0 aliphatic heterocycles. The van der Waals surface area contributed by atoms with Crippen LogP contribution in [0.4, 0.5) is 22.7 Å². The van der Waals surface area contributed by atoms with Gasteiger partial charge in [-0.1, -0.05) is 0 Å². The van der Waals surface area contributed by atoms with Crippen molar-refractivity contribution in [3.05, 3.63) is 60.9 Å². The van der Waals surface area contributed by atoms with E-state index in [-0.39, 0.29) is 0 Å². The second-order valence-electron chi connectivity index (χ2n) is 5.11. The highest BCUT2D eigenvalue weighted by Gasteiger charge is 1.96. The Morgan fingerprint density at radius 2 is 1.70 bits per heavy atom. The molecule has 6 heteroatoms. The summed E-state index contributed by atoms with van der Waals surface area (Å²) < 4.78 is 0. The van der Waals surface area contributed by atoms with Crippen LogP contribution in [-0.2, 0) is 0 Å². The number of quaternary nitrogens is 1. The van der Waals surface area contributed by atoms with E-state index in [9.17, 15) is 0 Å². The molecule has 0 heterocycles. The molecule has 120 valence electrons. The van der Waals surface area contributed by atoms with E-state index in [4.69, 9.17) is 5.73 Å². The number of hydrogen-bond donors (Lipinski definition) is 3. The van der Waals surface area contributed by atoms with Crippen molar-refractivity contribution < 1.29 is 5.32 Å². The summed E-state index contributed by atoms with van der Waals surface area (Å²) in [6, 6.07) is 15.4. The number of nitrogen functional groups attached to an aromatic ring is 1. The van der Waals surface area contributed by atoms with Gasteiger partial charge in [0.15, 0.2) is 0 Å². The fraction of sp³-hybridized carbons (Fsp3) is 0.176. The highest BCUT2D eigenvalue weighted by atomic mass is 15.2. The first-order valence-electron chi connectivity index (χ1n) is 7.44. The maximum absolute atomic E-state index is 5.67. The van der Waals surface area contributed by atoms with E-state index >= 15 is 0 Å². The van der Waals surface area contributed by atoms with Crippen molar-refractivity contribution in [2.45, 2.75) is 0 Å². The molecule has 0 radical (unpaired) electrons. The summed E-state index contributed by atoms with van der Waals surface area (Å²) in [6.45, 7) is 0.524. The first-order chi connectivity index (χ1) is 11.2. The number of nitrogens with zero attached hydrogens (tertiary/aromatic N) is 3. The molecule has 0 unspecified atom stereocenters. The summed E-state index contributed by atoms with van der Waals surface area (Å²) in [7, 11) is 3.94. The molecule has 0 spiro atoms. The van der Waals surface area contributed by atoms with Crippen molar-refractivity contribution in [2.24, 2.45) is 10.2 Å². The molecule has 0 saturated carbocycles. The van der Waals surface area contributed by atoms with E-state index in [1.165, 1.54) is 0 Å². The number of nitrogens with two attached hydrogens (primary N) is 2. The van der Waals surface area contributed by atoms with Crippen molar-refractivity contribution >= 4 is 22.7 Å². The van der Waals surface area contributed by atoms with Crippen LogP contribution >= 0.6 is 0 Å². The standard InChI is InChI=1S/C17H22N6/c1-19-11-12-23(2)13-20-22-17-9-7-16(8-10-17)21-15-5-3-14(18)4-6-15/h3-12,19,21H,13,18H2,1-2H3/p+1/b12-11-,22-20?. The largest absolute Gasteiger partial charge is 0.399 e. The molecule has 0 bridgehead atoms. The highest BCUT2D eigenvalue weighted by Crippen LogP contribution is 2.21. The van der Waals surface area contributed by atoms with Gasteiger partial charge in [-0.25, -0.2) is 0 Å². The van der Waals surface area contributed by atoms with Crippen molar-refractivity contribution in [3.8, 4) is 0 Å². The number of benzene rings is 2. The van der Waals surface area contributed by atoms with Gasteiger partial charge in [-0.2, -0.15) is 10.2 Å². The number of anilines is 3. The van der Waals surface area contributed by atoms with Gasteiger partial charge in [0.25, 0.3) is 0 Å². The van der Waals surface area contributed by atoms with Crippen LogP contribution in [0.3, 0.4) is 0 Å². The van der Waals surface area contributed by atoms with Gasteiger partial charge in [0.05, 0.1) is 18.9 Å². The zero-order valence-electron chi connectivity index (χ0n) is 13.5. The predicted molar refractivity (Wildman–Crippen MR) is 94.7 cm³/mol. The molecular weight excluding hydrogens is 288 g/mol. The summed E-state index contributed by atoms with van der Waals surface area (Å²) in [5, 5.41) is 13.7. The van der Waals surface area contributed by atoms with Crippen LogP contribution in [0, 0.1) is 0 Å². The summed E-state index contributed by atoms with van der Waals surface area (Å²) >= 11 is 0. The first-order valence-corrected chi connectivity index (χ1v) is 7.44. The molecule has 0 fully saturated rings. The molecule has 6 nitrogen and oxygen atoms in total. The van der Waals surface area contributed by atoms with Crippen LogP contribution in [0.1, 0.15) is 0 Å². The number of hydrogen-bond acceptors (Lipinski definition) is 5. The molecule has 2 rings (SSSR count). The lowest BCUT2D eigenvalue weighted by Gasteiger charge is -2.08. The number of nitrogens with one attached hydrogen (secondary N) is 1. The second kappa shape index (κ2) is 8.55. The minimum atomic E-state index is 0.524. The third-order valence-electron chi connectivity index (χ3n) is 3.07. The predicted octanol–water partition coefficient (Wildman–Crippen LogP) is 2.65. The third kappa shape index (κ3) is 5.80. The zero-order valence-corrected chi connectivity index (χ0v) is 13.5. The molecule has 0 amide bonds. The van der Waals surface area contributed by atoms with E-state index in [0.717, 1.165) is 22.7 Å². The summed E-state index contributed by atoms with van der Waals surface area (Å²) in [5.41, 5.74) is 9.24. The molecule has 0 aliphatic carbocycles. The van der Waals surface area contributed by atoms with Crippen molar-refractivity contribution in [1.82, 2.24) is 4.90 Å². The maximum atomic E-state index is 5.67. The fourth-order valence-corrected chi connectivity index (χ4v) is 1.84. The fourth-order valence-electron chi connectivity index (χ4n) is 1.84. The van der Waals surface area contributed by atoms with E-state index in [2.05, 4.69) is 15.5 Å². The van der Waals surface area contributed by atoms with Gasteiger partial charge in [-0.15, -0.1) is 0 Å². The van der Waals surface area contributed by atoms with Crippen molar-refractivity contribution in [2.75, 3.05) is 31.8 Å². The Labute approximate surface area is 136 Å². The van der Waals surface area contributed by atoms with Crippen LogP contribution < -0.4 is 16.4 Å². The van der Waals surface area contributed by atoms with E-state index < -0.39 is 0 Å². The Bertz CT molecular complexity index is 646. The molecule has 0 atom stereocenters. The molecule has 5 N–H and O–H groups in total. The van der Waals surface area contributed by atoms with E-state index in [0.29, 0.717) is 6.67 Å². The van der Waals surface area contributed by atoms with Gasteiger partial charge in [0, 0.05) is 24.1 Å². The Morgan fingerprint density at radius 3 is 2.30 bits per heavy atom. The molecule has 23 heavy (non-hydrogen) atoms. The lowest BCUT2D eigenvalue weighted by molar-refractivity contribution is -0.557. The van der Waals surface area contributed by atoms with E-state index in [1.807, 2.05) is 85.2 Å². The topological polar surface area (TPSA) is 82.6 Å². The van der Waals surface area contributed by atoms with Crippen LogP contribution in [0.15, 0.2) is 71.2 Å². The Balaban J connectivity index is 1.89. The van der Waals surface area contributed by atoms with Gasteiger partial charge in [-0.05, 0) is 48.5 Å². The summed E-state index contributed by atoms with van der Waals surface area (Å²) in [5.74, 6) is 0. The van der Waals surface area contributed by atoms with Gasteiger partial charge in [0.2, 0.25) is 0 Å². The van der Waals surface area contributed by atoms with Crippen LogP contribution in [0.2, 0.25) is 0 Å².